The molecule has 2 N–H and O–H groups in total. The van der Waals surface area contributed by atoms with Crippen molar-refractivity contribution >= 4 is 15.9 Å². The van der Waals surface area contributed by atoms with Gasteiger partial charge in [0.1, 0.15) is 18.2 Å². The maximum Gasteiger partial charge on any atom is 0.137 e. The first-order valence-electron chi connectivity index (χ1n) is 7.00. The lowest BCUT2D eigenvalue weighted by Crippen LogP contribution is -2.21. The lowest BCUT2D eigenvalue weighted by Gasteiger charge is -2.11. The molecule has 0 aliphatic heterocycles. The number of nitrogens with two attached hydrogens (primary N) is 1. The molecule has 2 aromatic rings. The predicted molar refractivity (Wildman–Crippen MR) is 86.8 cm³/mol. The second-order valence-corrected chi connectivity index (χ2v) is 5.81. The van der Waals surface area contributed by atoms with Gasteiger partial charge in [0.2, 0.25) is 0 Å². The van der Waals surface area contributed by atoms with Crippen molar-refractivity contribution in [1.82, 2.24) is 0 Å². The second-order valence-electron chi connectivity index (χ2n) is 5.02. The first kappa shape index (κ1) is 16.0. The third-order valence-electron chi connectivity index (χ3n) is 3.37. The fourth-order valence-corrected chi connectivity index (χ4v) is 2.37. The van der Waals surface area contributed by atoms with Gasteiger partial charge in [-0.1, -0.05) is 31.2 Å². The molecule has 0 saturated carbocycles. The quantitative estimate of drug-likeness (QED) is 0.834. The van der Waals surface area contributed by atoms with Crippen LogP contribution in [0.5, 0.6) is 5.75 Å². The molecular formula is C17H19BrFNO. The molecule has 0 bridgehead atoms. The first-order chi connectivity index (χ1) is 10.1. The molecule has 2 nitrogen and oxygen atoms in total. The van der Waals surface area contributed by atoms with E-state index >= 15 is 0 Å². The lowest BCUT2D eigenvalue weighted by atomic mass is 10.0. The van der Waals surface area contributed by atoms with E-state index in [0.717, 1.165) is 24.2 Å². The molecular weight excluding hydrogens is 333 g/mol. The van der Waals surface area contributed by atoms with E-state index < -0.39 is 0 Å². The highest BCUT2D eigenvalue weighted by atomic mass is 79.9. The molecule has 0 amide bonds. The molecule has 4 heteroatoms. The van der Waals surface area contributed by atoms with Crippen LogP contribution in [0.2, 0.25) is 0 Å². The fourth-order valence-electron chi connectivity index (χ4n) is 1.99. The number of halogens is 2. The van der Waals surface area contributed by atoms with E-state index in [-0.39, 0.29) is 11.9 Å². The maximum atomic E-state index is 13.4. The van der Waals surface area contributed by atoms with E-state index in [1.165, 1.54) is 11.6 Å². The third kappa shape index (κ3) is 4.55. The molecule has 21 heavy (non-hydrogen) atoms. The molecule has 0 radical (unpaired) electrons. The number of hydrogen-bond donors (Lipinski definition) is 1. The van der Waals surface area contributed by atoms with E-state index in [4.69, 9.17) is 10.5 Å². The summed E-state index contributed by atoms with van der Waals surface area (Å²) in [6.07, 6.45) is 1.83. The molecule has 2 aromatic carbocycles. The van der Waals surface area contributed by atoms with Gasteiger partial charge in [0, 0.05) is 11.6 Å². The van der Waals surface area contributed by atoms with E-state index in [0.29, 0.717) is 11.1 Å². The minimum Gasteiger partial charge on any atom is -0.489 e. The number of ether oxygens (including phenoxy) is 1. The Morgan fingerprint density at radius 3 is 2.57 bits per heavy atom. The highest BCUT2D eigenvalue weighted by Gasteiger charge is 2.06. The Bertz CT molecular complexity index is 586. The van der Waals surface area contributed by atoms with Crippen LogP contribution in [0.4, 0.5) is 4.39 Å². The van der Waals surface area contributed by atoms with E-state index in [1.54, 1.807) is 6.07 Å². The van der Waals surface area contributed by atoms with Crippen molar-refractivity contribution < 1.29 is 9.13 Å². The molecule has 0 aromatic heterocycles. The zero-order valence-corrected chi connectivity index (χ0v) is 13.6. The van der Waals surface area contributed by atoms with Crippen LogP contribution in [0.25, 0.3) is 0 Å². The molecule has 0 aliphatic carbocycles. The van der Waals surface area contributed by atoms with Gasteiger partial charge in [0.05, 0.1) is 4.47 Å². The van der Waals surface area contributed by atoms with Crippen LogP contribution >= 0.6 is 15.9 Å². The SMILES string of the molecule is CCC(N)Cc1ccc(OCc2cccc(F)c2Br)cc1. The summed E-state index contributed by atoms with van der Waals surface area (Å²) in [5, 5.41) is 0. The predicted octanol–water partition coefficient (Wildman–Crippen LogP) is 4.45. The van der Waals surface area contributed by atoms with Crippen LogP contribution < -0.4 is 10.5 Å². The summed E-state index contributed by atoms with van der Waals surface area (Å²) in [5.74, 6) is 0.486. The highest BCUT2D eigenvalue weighted by molar-refractivity contribution is 9.10. The largest absolute Gasteiger partial charge is 0.489 e. The zero-order chi connectivity index (χ0) is 15.2. The normalized spacial score (nSPS) is 12.2. The van der Waals surface area contributed by atoms with Crippen molar-refractivity contribution in [1.29, 1.82) is 0 Å². The summed E-state index contributed by atoms with van der Waals surface area (Å²) in [5.41, 5.74) is 7.92. The Labute approximate surface area is 133 Å². The monoisotopic (exact) mass is 351 g/mol. The molecule has 0 fully saturated rings. The summed E-state index contributed by atoms with van der Waals surface area (Å²) in [7, 11) is 0. The Kier molecular flexibility index (Phi) is 5.76. The molecule has 0 spiro atoms. The average Bonchev–Trinajstić information content (AvgIpc) is 2.50. The summed E-state index contributed by atoms with van der Waals surface area (Å²) in [4.78, 5) is 0. The van der Waals surface area contributed by atoms with Gasteiger partial charge in [-0.15, -0.1) is 0 Å². The molecule has 112 valence electrons. The molecule has 0 aliphatic rings. The van der Waals surface area contributed by atoms with Gasteiger partial charge in [-0.3, -0.25) is 0 Å². The Morgan fingerprint density at radius 1 is 1.19 bits per heavy atom. The second kappa shape index (κ2) is 7.57. The van der Waals surface area contributed by atoms with Gasteiger partial charge in [-0.2, -0.15) is 0 Å². The van der Waals surface area contributed by atoms with Crippen LogP contribution in [-0.4, -0.2) is 6.04 Å². The molecule has 1 atom stereocenters. The zero-order valence-electron chi connectivity index (χ0n) is 12.0. The number of benzene rings is 2. The van der Waals surface area contributed by atoms with Gasteiger partial charge >= 0.3 is 0 Å². The van der Waals surface area contributed by atoms with E-state index in [2.05, 4.69) is 22.9 Å². The van der Waals surface area contributed by atoms with Crippen LogP contribution in [0.3, 0.4) is 0 Å². The molecule has 2 rings (SSSR count). The van der Waals surface area contributed by atoms with Crippen LogP contribution in [0, 0.1) is 5.82 Å². The smallest absolute Gasteiger partial charge is 0.137 e. The van der Waals surface area contributed by atoms with Gasteiger partial charge in [0.25, 0.3) is 0 Å². The summed E-state index contributed by atoms with van der Waals surface area (Å²) >= 11 is 3.23. The van der Waals surface area contributed by atoms with E-state index in [9.17, 15) is 4.39 Å². The van der Waals surface area contributed by atoms with Gasteiger partial charge in [-0.25, -0.2) is 4.39 Å². The average molecular weight is 352 g/mol. The number of rotatable bonds is 6. The molecule has 0 saturated heterocycles. The van der Waals surface area contributed by atoms with Crippen molar-refractivity contribution in [2.45, 2.75) is 32.4 Å². The summed E-state index contributed by atoms with van der Waals surface area (Å²) in [6.45, 7) is 2.41. The Morgan fingerprint density at radius 2 is 1.90 bits per heavy atom. The van der Waals surface area contributed by atoms with Crippen molar-refractivity contribution in [2.75, 3.05) is 0 Å². The summed E-state index contributed by atoms with van der Waals surface area (Å²) in [6, 6.07) is 13.0. The fraction of sp³-hybridized carbons (Fsp3) is 0.294. The Balaban J connectivity index is 1.96. The minimum atomic E-state index is -0.278. The maximum absolute atomic E-state index is 13.4. The van der Waals surface area contributed by atoms with Gasteiger partial charge in [-0.05, 0) is 52.5 Å². The Hall–Kier alpha value is -1.39. The van der Waals surface area contributed by atoms with Crippen molar-refractivity contribution in [3.8, 4) is 5.75 Å². The van der Waals surface area contributed by atoms with Crippen LogP contribution in [-0.2, 0) is 13.0 Å². The van der Waals surface area contributed by atoms with Crippen LogP contribution in [0.1, 0.15) is 24.5 Å². The summed E-state index contributed by atoms with van der Waals surface area (Å²) < 4.78 is 19.5. The van der Waals surface area contributed by atoms with Crippen molar-refractivity contribution in [3.63, 3.8) is 0 Å². The standard InChI is InChI=1S/C17H19BrFNO/c1-2-14(20)10-12-6-8-15(9-7-12)21-11-13-4-3-5-16(19)17(13)18/h3-9,14H,2,10-11,20H2,1H3. The topological polar surface area (TPSA) is 35.2 Å². The molecule has 1 unspecified atom stereocenters. The van der Waals surface area contributed by atoms with E-state index in [1.807, 2.05) is 30.3 Å². The third-order valence-corrected chi connectivity index (χ3v) is 4.26. The lowest BCUT2D eigenvalue weighted by molar-refractivity contribution is 0.304. The first-order valence-corrected chi connectivity index (χ1v) is 7.79. The van der Waals surface area contributed by atoms with Gasteiger partial charge < -0.3 is 10.5 Å². The van der Waals surface area contributed by atoms with Gasteiger partial charge in [0.15, 0.2) is 0 Å². The highest BCUT2D eigenvalue weighted by Crippen LogP contribution is 2.22. The number of hydrogen-bond acceptors (Lipinski definition) is 2. The van der Waals surface area contributed by atoms with Crippen molar-refractivity contribution in [3.05, 3.63) is 63.9 Å². The van der Waals surface area contributed by atoms with Crippen LogP contribution in [0.15, 0.2) is 46.9 Å². The molecule has 0 heterocycles. The minimum absolute atomic E-state index is 0.194. The van der Waals surface area contributed by atoms with Crippen molar-refractivity contribution in [2.24, 2.45) is 5.73 Å².